The molecule has 124 valence electrons. The highest BCUT2D eigenvalue weighted by Gasteiger charge is 2.16. The maximum absolute atomic E-state index is 13.5. The van der Waals surface area contributed by atoms with Gasteiger partial charge in [0.2, 0.25) is 5.82 Å². The van der Waals surface area contributed by atoms with E-state index in [0.717, 1.165) is 0 Å². The summed E-state index contributed by atoms with van der Waals surface area (Å²) < 4.78 is 15.0. The molecule has 0 fully saturated rings. The number of oxime groups is 1. The first-order valence-electron chi connectivity index (χ1n) is 6.93. The average molecular weight is 347 g/mol. The van der Waals surface area contributed by atoms with E-state index in [0.29, 0.717) is 33.5 Å². The van der Waals surface area contributed by atoms with Crippen LogP contribution in [0.2, 0.25) is 0 Å². The number of nitrogen functional groups attached to an aromatic ring is 1. The van der Waals surface area contributed by atoms with Crippen LogP contribution in [0.1, 0.15) is 22.6 Å². The topological polar surface area (TPSA) is 104 Å². The van der Waals surface area contributed by atoms with Gasteiger partial charge in [0.25, 0.3) is 0 Å². The number of thiazole rings is 1. The molecule has 0 atom stereocenters. The van der Waals surface area contributed by atoms with Crippen LogP contribution in [0.4, 0.5) is 9.52 Å². The van der Waals surface area contributed by atoms with Crippen molar-refractivity contribution in [1.82, 2.24) is 25.2 Å². The molecular weight excluding hydrogens is 333 g/mol. The minimum atomic E-state index is -0.298. The Morgan fingerprint density at radius 1 is 1.46 bits per heavy atom. The second-order valence-electron chi connectivity index (χ2n) is 4.98. The van der Waals surface area contributed by atoms with Crippen molar-refractivity contribution < 1.29 is 9.23 Å². The lowest BCUT2D eigenvalue weighted by atomic mass is 10.1. The molecule has 0 bridgehead atoms. The Kier molecular flexibility index (Phi) is 4.47. The zero-order valence-corrected chi connectivity index (χ0v) is 13.8. The molecule has 24 heavy (non-hydrogen) atoms. The molecule has 0 aliphatic rings. The molecule has 0 saturated carbocycles. The van der Waals surface area contributed by atoms with Crippen molar-refractivity contribution in [3.05, 3.63) is 52.0 Å². The van der Waals surface area contributed by atoms with Crippen molar-refractivity contribution >= 4 is 22.2 Å². The summed E-state index contributed by atoms with van der Waals surface area (Å²) in [6.07, 6.45) is 0. The molecule has 0 spiro atoms. The Morgan fingerprint density at radius 2 is 2.29 bits per heavy atom. The number of hydrogen-bond donors (Lipinski definition) is 1. The lowest BCUT2D eigenvalue weighted by Gasteiger charge is -2.07. The summed E-state index contributed by atoms with van der Waals surface area (Å²) in [5.41, 5.74) is 7.78. The third-order valence-electron chi connectivity index (χ3n) is 3.20. The number of nitrogens with zero attached hydrogens (tertiary/aromatic N) is 6. The lowest BCUT2D eigenvalue weighted by molar-refractivity contribution is 0.128. The van der Waals surface area contributed by atoms with Crippen LogP contribution in [-0.4, -0.2) is 30.9 Å². The second-order valence-corrected chi connectivity index (χ2v) is 5.87. The Hall–Kier alpha value is -2.88. The van der Waals surface area contributed by atoms with Gasteiger partial charge in [0.05, 0.1) is 5.69 Å². The van der Waals surface area contributed by atoms with Crippen LogP contribution < -0.4 is 5.73 Å². The van der Waals surface area contributed by atoms with E-state index >= 15 is 0 Å². The molecule has 10 heteroatoms. The van der Waals surface area contributed by atoms with Crippen LogP contribution in [0.15, 0.2) is 28.7 Å². The number of tetrazole rings is 1. The molecule has 0 aliphatic carbocycles. The minimum absolute atomic E-state index is 0.155. The van der Waals surface area contributed by atoms with Crippen LogP contribution in [-0.2, 0) is 18.5 Å². The lowest BCUT2D eigenvalue weighted by Crippen LogP contribution is -2.12. The molecule has 2 aromatic heterocycles. The van der Waals surface area contributed by atoms with Gasteiger partial charge in [-0.1, -0.05) is 5.16 Å². The third kappa shape index (κ3) is 3.38. The zero-order chi connectivity index (χ0) is 17.1. The van der Waals surface area contributed by atoms with Gasteiger partial charge in [-0.3, -0.25) is 0 Å². The van der Waals surface area contributed by atoms with E-state index in [1.807, 2.05) is 0 Å². The highest BCUT2D eigenvalue weighted by molar-refractivity contribution is 7.13. The van der Waals surface area contributed by atoms with Gasteiger partial charge in [0, 0.05) is 18.0 Å². The largest absolute Gasteiger partial charge is 0.389 e. The van der Waals surface area contributed by atoms with Crippen LogP contribution >= 0.6 is 11.3 Å². The summed E-state index contributed by atoms with van der Waals surface area (Å²) in [5.74, 6) is 0.104. The molecule has 0 radical (unpaired) electrons. The smallest absolute Gasteiger partial charge is 0.204 e. The van der Waals surface area contributed by atoms with E-state index in [-0.39, 0.29) is 12.4 Å². The normalized spacial score (nSPS) is 11.7. The highest BCUT2D eigenvalue weighted by atomic mass is 32.1. The van der Waals surface area contributed by atoms with E-state index in [2.05, 4.69) is 25.7 Å². The third-order valence-corrected chi connectivity index (χ3v) is 3.92. The maximum atomic E-state index is 13.5. The number of aromatic nitrogens is 5. The van der Waals surface area contributed by atoms with Gasteiger partial charge in [-0.2, -0.15) is 0 Å². The number of rotatable bonds is 5. The van der Waals surface area contributed by atoms with Crippen molar-refractivity contribution in [1.29, 1.82) is 0 Å². The maximum Gasteiger partial charge on any atom is 0.204 e. The monoisotopic (exact) mass is 347 g/mol. The molecule has 8 nitrogen and oxygen atoms in total. The number of nitrogens with two attached hydrogens (primary N) is 1. The number of halogens is 1. The molecule has 3 aromatic rings. The Bertz CT molecular complexity index is 889. The Morgan fingerprint density at radius 3 is 2.92 bits per heavy atom. The Labute approximate surface area is 140 Å². The summed E-state index contributed by atoms with van der Waals surface area (Å²) in [5, 5.41) is 17.7. The molecule has 2 N–H and O–H groups in total. The summed E-state index contributed by atoms with van der Waals surface area (Å²) in [6.45, 7) is 1.83. The van der Waals surface area contributed by atoms with Gasteiger partial charge in [0.15, 0.2) is 17.5 Å². The predicted octanol–water partition coefficient (Wildman–Crippen LogP) is 1.67. The van der Waals surface area contributed by atoms with Crippen molar-refractivity contribution in [3.8, 4) is 0 Å². The molecule has 0 aliphatic heterocycles. The molecule has 2 heterocycles. The zero-order valence-electron chi connectivity index (χ0n) is 13.0. The van der Waals surface area contributed by atoms with E-state index in [9.17, 15) is 4.39 Å². The molecule has 3 rings (SSSR count). The van der Waals surface area contributed by atoms with Gasteiger partial charge in [-0.05, 0) is 41.1 Å². The highest BCUT2D eigenvalue weighted by Crippen LogP contribution is 2.15. The van der Waals surface area contributed by atoms with Crippen molar-refractivity contribution in [2.24, 2.45) is 12.2 Å². The molecule has 0 amide bonds. The number of anilines is 1. The van der Waals surface area contributed by atoms with E-state index < -0.39 is 0 Å². The van der Waals surface area contributed by atoms with Gasteiger partial charge >= 0.3 is 0 Å². The summed E-state index contributed by atoms with van der Waals surface area (Å²) in [4.78, 5) is 9.47. The van der Waals surface area contributed by atoms with Gasteiger partial charge in [-0.25, -0.2) is 14.1 Å². The first-order chi connectivity index (χ1) is 11.5. The quantitative estimate of drug-likeness (QED) is 0.556. The van der Waals surface area contributed by atoms with Crippen molar-refractivity contribution in [2.75, 3.05) is 5.73 Å². The van der Waals surface area contributed by atoms with Gasteiger partial charge in [0.1, 0.15) is 5.82 Å². The fourth-order valence-corrected chi connectivity index (χ4v) is 2.54. The van der Waals surface area contributed by atoms with Crippen molar-refractivity contribution in [3.63, 3.8) is 0 Å². The van der Waals surface area contributed by atoms with E-state index in [4.69, 9.17) is 10.6 Å². The van der Waals surface area contributed by atoms with Crippen LogP contribution in [0.3, 0.4) is 0 Å². The van der Waals surface area contributed by atoms with Crippen LogP contribution in [0.25, 0.3) is 0 Å². The summed E-state index contributed by atoms with van der Waals surface area (Å²) >= 11 is 1.32. The van der Waals surface area contributed by atoms with Crippen LogP contribution in [0.5, 0.6) is 0 Å². The summed E-state index contributed by atoms with van der Waals surface area (Å²) in [6, 6.07) is 4.62. The number of benzene rings is 1. The Balaban J connectivity index is 1.91. The van der Waals surface area contributed by atoms with Gasteiger partial charge < -0.3 is 10.6 Å². The summed E-state index contributed by atoms with van der Waals surface area (Å²) in [7, 11) is 1.68. The predicted molar refractivity (Wildman–Crippen MR) is 86.9 cm³/mol. The molecule has 0 unspecified atom stereocenters. The fourth-order valence-electron chi connectivity index (χ4n) is 2.00. The number of hydrogen-bond acceptors (Lipinski definition) is 8. The van der Waals surface area contributed by atoms with Crippen LogP contribution in [0, 0.1) is 12.7 Å². The minimum Gasteiger partial charge on any atom is -0.389 e. The average Bonchev–Trinajstić information content (AvgIpc) is 3.15. The van der Waals surface area contributed by atoms with Gasteiger partial charge in [-0.15, -0.1) is 16.4 Å². The standard InChI is InChI=1S/C14H14FN7OS/c1-8-5-9(3-4-11(8)15)12(13-18-20-21-22(13)2)19-23-6-10-7-24-14(16)17-10/h3-5,7H,6H2,1-2H3,(H2,16,17). The van der Waals surface area contributed by atoms with E-state index in [1.165, 1.54) is 22.1 Å². The first kappa shape index (κ1) is 16.0. The SMILES string of the molecule is Cc1cc(C(=NOCc2csc(N)n2)c2nnnn2C)ccc1F. The number of aryl methyl sites for hydroxylation is 2. The first-order valence-corrected chi connectivity index (χ1v) is 7.81. The molecule has 0 saturated heterocycles. The fraction of sp³-hybridized carbons (Fsp3) is 0.214. The second kappa shape index (κ2) is 6.71. The molecule has 1 aromatic carbocycles. The molecular formula is C14H14FN7OS. The van der Waals surface area contributed by atoms with E-state index in [1.54, 1.807) is 31.5 Å². The van der Waals surface area contributed by atoms with Crippen molar-refractivity contribution in [2.45, 2.75) is 13.5 Å².